The zero-order valence-electron chi connectivity index (χ0n) is 11.4. The molecule has 0 amide bonds. The number of halogens is 2. The molecule has 0 radical (unpaired) electrons. The molecule has 2 aromatic rings. The summed E-state index contributed by atoms with van der Waals surface area (Å²) in [6.07, 6.45) is 5.37. The largest absolute Gasteiger partial charge is 0.353 e. The van der Waals surface area contributed by atoms with Crippen LogP contribution in [0.2, 0.25) is 0 Å². The van der Waals surface area contributed by atoms with Gasteiger partial charge in [-0.2, -0.15) is 0 Å². The highest BCUT2D eigenvalue weighted by atomic mass is 79.9. The number of hydrogen-bond acceptors (Lipinski definition) is 5. The van der Waals surface area contributed by atoms with Crippen LogP contribution in [0, 0.1) is 0 Å². The first kappa shape index (κ1) is 14.5. The summed E-state index contributed by atoms with van der Waals surface area (Å²) in [5.41, 5.74) is 1.05. The molecule has 3 rings (SSSR count). The van der Waals surface area contributed by atoms with Crippen LogP contribution < -0.4 is 9.80 Å². The molecule has 3 heterocycles. The Morgan fingerprint density at radius 2 is 1.71 bits per heavy atom. The van der Waals surface area contributed by atoms with Crippen molar-refractivity contribution in [2.75, 3.05) is 36.0 Å². The van der Waals surface area contributed by atoms with Gasteiger partial charge in [0.15, 0.2) is 0 Å². The van der Waals surface area contributed by atoms with Gasteiger partial charge in [0.1, 0.15) is 5.82 Å². The van der Waals surface area contributed by atoms with E-state index in [0.29, 0.717) is 5.88 Å². The molecule has 1 saturated heterocycles. The van der Waals surface area contributed by atoms with Crippen molar-refractivity contribution in [3.05, 3.63) is 40.8 Å². The van der Waals surface area contributed by atoms with Gasteiger partial charge >= 0.3 is 0 Å². The van der Waals surface area contributed by atoms with Crippen molar-refractivity contribution in [1.82, 2.24) is 15.0 Å². The van der Waals surface area contributed by atoms with Crippen LogP contribution in [0.1, 0.15) is 5.56 Å². The van der Waals surface area contributed by atoms with Crippen LogP contribution >= 0.6 is 27.5 Å². The molecular weight excluding hydrogens is 354 g/mol. The SMILES string of the molecule is ClCc1cc(Br)cnc1N1CCN(c2ncccn2)CC1. The zero-order valence-corrected chi connectivity index (χ0v) is 13.8. The predicted molar refractivity (Wildman–Crippen MR) is 88.0 cm³/mol. The molecule has 1 aliphatic heterocycles. The Morgan fingerprint density at radius 1 is 1.05 bits per heavy atom. The van der Waals surface area contributed by atoms with Crippen LogP contribution in [0.15, 0.2) is 35.2 Å². The molecule has 0 saturated carbocycles. The van der Waals surface area contributed by atoms with Crippen LogP contribution in [-0.2, 0) is 5.88 Å². The second-order valence-corrected chi connectivity index (χ2v) is 5.98. The van der Waals surface area contributed by atoms with E-state index in [-0.39, 0.29) is 0 Å². The summed E-state index contributed by atoms with van der Waals surface area (Å²) in [4.78, 5) is 17.6. The highest BCUT2D eigenvalue weighted by Gasteiger charge is 2.21. The normalized spacial score (nSPS) is 15.3. The second kappa shape index (κ2) is 6.58. The second-order valence-electron chi connectivity index (χ2n) is 4.79. The van der Waals surface area contributed by atoms with E-state index in [9.17, 15) is 0 Å². The molecule has 7 heteroatoms. The lowest BCUT2D eigenvalue weighted by Crippen LogP contribution is -2.47. The fourth-order valence-corrected chi connectivity index (χ4v) is 3.01. The Balaban J connectivity index is 1.71. The van der Waals surface area contributed by atoms with Gasteiger partial charge in [0.05, 0.1) is 5.88 Å². The van der Waals surface area contributed by atoms with E-state index in [1.807, 2.05) is 18.3 Å². The summed E-state index contributed by atoms with van der Waals surface area (Å²) in [6.45, 7) is 3.53. The summed E-state index contributed by atoms with van der Waals surface area (Å²) in [5.74, 6) is 2.23. The first-order valence-corrected chi connectivity index (χ1v) is 8.08. The van der Waals surface area contributed by atoms with Crippen molar-refractivity contribution in [2.45, 2.75) is 5.88 Å². The van der Waals surface area contributed by atoms with E-state index in [4.69, 9.17) is 11.6 Å². The Labute approximate surface area is 137 Å². The lowest BCUT2D eigenvalue weighted by Gasteiger charge is -2.36. The van der Waals surface area contributed by atoms with E-state index < -0.39 is 0 Å². The highest BCUT2D eigenvalue weighted by Crippen LogP contribution is 2.24. The first-order valence-electron chi connectivity index (χ1n) is 6.75. The fourth-order valence-electron chi connectivity index (χ4n) is 2.43. The van der Waals surface area contributed by atoms with Crippen molar-refractivity contribution in [3.8, 4) is 0 Å². The number of pyridine rings is 1. The molecule has 5 nitrogen and oxygen atoms in total. The number of aromatic nitrogens is 3. The number of alkyl halides is 1. The number of nitrogens with zero attached hydrogens (tertiary/aromatic N) is 5. The van der Waals surface area contributed by atoms with E-state index in [0.717, 1.165) is 48.0 Å². The summed E-state index contributed by atoms with van der Waals surface area (Å²) in [5, 5.41) is 0. The molecule has 0 atom stereocenters. The van der Waals surface area contributed by atoms with E-state index in [1.165, 1.54) is 0 Å². The summed E-state index contributed by atoms with van der Waals surface area (Å²) >= 11 is 9.47. The van der Waals surface area contributed by atoms with Crippen molar-refractivity contribution in [2.24, 2.45) is 0 Å². The Hall–Kier alpha value is -1.40. The molecule has 1 fully saturated rings. The minimum absolute atomic E-state index is 0.462. The number of hydrogen-bond donors (Lipinski definition) is 0. The van der Waals surface area contributed by atoms with Crippen LogP contribution in [0.25, 0.3) is 0 Å². The maximum absolute atomic E-state index is 6.03. The molecule has 110 valence electrons. The molecule has 0 N–H and O–H groups in total. The van der Waals surface area contributed by atoms with Gasteiger partial charge in [0.2, 0.25) is 5.95 Å². The van der Waals surface area contributed by atoms with Crippen LogP contribution in [0.4, 0.5) is 11.8 Å². The predicted octanol–water partition coefficient (Wildman–Crippen LogP) is 2.70. The molecule has 2 aromatic heterocycles. The molecular formula is C14H15BrClN5. The molecule has 1 aliphatic rings. The first-order chi connectivity index (χ1) is 10.3. The quantitative estimate of drug-likeness (QED) is 0.780. The van der Waals surface area contributed by atoms with E-state index >= 15 is 0 Å². The minimum atomic E-state index is 0.462. The van der Waals surface area contributed by atoms with Crippen molar-refractivity contribution >= 4 is 39.3 Å². The van der Waals surface area contributed by atoms with Gasteiger partial charge in [0.25, 0.3) is 0 Å². The zero-order chi connectivity index (χ0) is 14.7. The van der Waals surface area contributed by atoms with E-state index in [2.05, 4.69) is 40.7 Å². The van der Waals surface area contributed by atoms with Crippen LogP contribution in [0.3, 0.4) is 0 Å². The van der Waals surface area contributed by atoms with Gasteiger partial charge in [-0.3, -0.25) is 0 Å². The third-order valence-electron chi connectivity index (χ3n) is 3.47. The molecule has 0 spiro atoms. The average molecular weight is 369 g/mol. The fraction of sp³-hybridized carbons (Fsp3) is 0.357. The minimum Gasteiger partial charge on any atom is -0.353 e. The van der Waals surface area contributed by atoms with Gasteiger partial charge in [-0.25, -0.2) is 15.0 Å². The molecule has 0 unspecified atom stereocenters. The van der Waals surface area contributed by atoms with Gasteiger partial charge in [0, 0.05) is 54.8 Å². The third kappa shape index (κ3) is 3.27. The molecule has 0 aliphatic carbocycles. The molecule has 0 bridgehead atoms. The van der Waals surface area contributed by atoms with Gasteiger partial charge in [-0.1, -0.05) is 0 Å². The van der Waals surface area contributed by atoms with Crippen molar-refractivity contribution in [3.63, 3.8) is 0 Å². The third-order valence-corrected chi connectivity index (χ3v) is 4.19. The maximum Gasteiger partial charge on any atom is 0.225 e. The smallest absolute Gasteiger partial charge is 0.225 e. The van der Waals surface area contributed by atoms with Gasteiger partial charge in [-0.05, 0) is 28.1 Å². The summed E-state index contributed by atoms with van der Waals surface area (Å²) < 4.78 is 0.957. The lowest BCUT2D eigenvalue weighted by molar-refractivity contribution is 0.633. The van der Waals surface area contributed by atoms with Crippen LogP contribution in [-0.4, -0.2) is 41.1 Å². The van der Waals surface area contributed by atoms with Crippen molar-refractivity contribution < 1.29 is 0 Å². The summed E-state index contributed by atoms with van der Waals surface area (Å²) in [7, 11) is 0. The Kier molecular flexibility index (Phi) is 4.55. The molecule has 21 heavy (non-hydrogen) atoms. The number of rotatable bonds is 3. The topological polar surface area (TPSA) is 45.2 Å². The number of anilines is 2. The highest BCUT2D eigenvalue weighted by molar-refractivity contribution is 9.10. The van der Waals surface area contributed by atoms with Crippen molar-refractivity contribution in [1.29, 1.82) is 0 Å². The summed E-state index contributed by atoms with van der Waals surface area (Å²) in [6, 6.07) is 3.86. The van der Waals surface area contributed by atoms with Crippen LogP contribution in [0.5, 0.6) is 0 Å². The average Bonchev–Trinajstić information content (AvgIpc) is 2.56. The van der Waals surface area contributed by atoms with Gasteiger partial charge < -0.3 is 9.80 Å². The standard InChI is InChI=1S/C14H15BrClN5/c15-12-8-11(9-16)13(19-10-12)20-4-6-21(7-5-20)14-17-2-1-3-18-14/h1-3,8,10H,4-7,9H2. The van der Waals surface area contributed by atoms with Gasteiger partial charge in [-0.15, -0.1) is 11.6 Å². The number of piperazine rings is 1. The lowest BCUT2D eigenvalue weighted by atomic mass is 10.2. The Bertz CT molecular complexity index is 602. The Morgan fingerprint density at radius 3 is 2.38 bits per heavy atom. The monoisotopic (exact) mass is 367 g/mol. The molecule has 0 aromatic carbocycles. The maximum atomic E-state index is 6.03. The van der Waals surface area contributed by atoms with E-state index in [1.54, 1.807) is 12.4 Å².